The molecule has 0 aromatic heterocycles. The van der Waals surface area contributed by atoms with Gasteiger partial charge in [0, 0.05) is 6.42 Å². The zero-order valence-electron chi connectivity index (χ0n) is 34.8. The first-order valence-corrected chi connectivity index (χ1v) is 21.2. The van der Waals surface area contributed by atoms with Crippen molar-refractivity contribution in [2.24, 2.45) is 0 Å². The fourth-order valence-corrected chi connectivity index (χ4v) is 5.00. The van der Waals surface area contributed by atoms with E-state index in [4.69, 9.17) is 56.8 Å². The highest BCUT2D eigenvalue weighted by Crippen LogP contribution is 2.13. The third kappa shape index (κ3) is 49.0. The Morgan fingerprint density at radius 2 is 0.574 bits per heavy atom. The quantitative estimate of drug-likeness (QED) is 0.0486. The van der Waals surface area contributed by atoms with E-state index >= 15 is 0 Å². The molecule has 0 aromatic rings. The molecule has 0 saturated heterocycles. The average molecular weight is 783 g/mol. The molecule has 0 bridgehead atoms. The van der Waals surface area contributed by atoms with Crippen LogP contribution in [0.5, 0.6) is 0 Å². The molecule has 0 spiro atoms. The van der Waals surface area contributed by atoms with Crippen molar-refractivity contribution >= 4 is 5.97 Å². The Hall–Kier alpha value is -0.970. The zero-order valence-corrected chi connectivity index (χ0v) is 34.8. The summed E-state index contributed by atoms with van der Waals surface area (Å²) < 4.78 is 65.4. The predicted molar refractivity (Wildman–Crippen MR) is 211 cm³/mol. The number of carbonyl (C=O) groups is 1. The van der Waals surface area contributed by atoms with Crippen molar-refractivity contribution in [1.29, 1.82) is 0 Å². The molecule has 0 aliphatic rings. The first-order valence-electron chi connectivity index (χ1n) is 21.2. The van der Waals surface area contributed by atoms with Crippen molar-refractivity contribution < 1.29 is 61.6 Å². The Labute approximate surface area is 329 Å². The summed E-state index contributed by atoms with van der Waals surface area (Å²) in [6.07, 6.45) is 17.6. The second kappa shape index (κ2) is 48.2. The summed E-state index contributed by atoms with van der Waals surface area (Å²) in [5, 5.41) is 0. The van der Waals surface area contributed by atoms with Gasteiger partial charge < -0.3 is 56.8 Å². The lowest BCUT2D eigenvalue weighted by Crippen LogP contribution is -2.16. The standard InChI is InChI=1S/C41H82O13/c1-4-5-6-7-8-9-10-11-12-13-14-15-16-17-41(42)54-39-37-52-35-33-50-31-29-48-27-25-46-23-21-44-19-18-43-20-22-45-24-26-47-28-30-49-32-34-51-36-38-53-40(2)3/h40H,4-39H2,1-3H3. The minimum absolute atomic E-state index is 0.131. The van der Waals surface area contributed by atoms with E-state index in [1.54, 1.807) is 0 Å². The summed E-state index contributed by atoms with van der Waals surface area (Å²) in [5.74, 6) is -0.131. The maximum Gasteiger partial charge on any atom is 0.305 e. The van der Waals surface area contributed by atoms with Gasteiger partial charge in [0.25, 0.3) is 0 Å². The van der Waals surface area contributed by atoms with E-state index in [2.05, 4.69) is 6.92 Å². The number of ether oxygens (including phenoxy) is 12. The monoisotopic (exact) mass is 783 g/mol. The molecule has 0 atom stereocenters. The summed E-state index contributed by atoms with van der Waals surface area (Å²) in [5.41, 5.74) is 0. The summed E-state index contributed by atoms with van der Waals surface area (Å²) >= 11 is 0. The molecule has 0 rings (SSSR count). The van der Waals surface area contributed by atoms with E-state index in [1.807, 2.05) is 13.8 Å². The minimum atomic E-state index is -0.131. The number of hydrogen-bond acceptors (Lipinski definition) is 13. The Bertz CT molecular complexity index is 702. The van der Waals surface area contributed by atoms with Gasteiger partial charge in [0.2, 0.25) is 0 Å². The SMILES string of the molecule is CCCCCCCCCCCCCCCC(=O)OCCOCCOCCOCCOCCOCCOCCOCCOCCOCCOCCOC(C)C. The van der Waals surface area contributed by atoms with Gasteiger partial charge in [-0.2, -0.15) is 0 Å². The third-order valence-corrected chi connectivity index (χ3v) is 8.00. The Kier molecular flexibility index (Phi) is 47.3. The lowest BCUT2D eigenvalue weighted by atomic mass is 10.0. The Morgan fingerprint density at radius 3 is 0.852 bits per heavy atom. The van der Waals surface area contributed by atoms with Crippen LogP contribution in [0.25, 0.3) is 0 Å². The van der Waals surface area contributed by atoms with Gasteiger partial charge in [-0.25, -0.2) is 0 Å². The van der Waals surface area contributed by atoms with Crippen LogP contribution in [0.4, 0.5) is 0 Å². The largest absolute Gasteiger partial charge is 0.463 e. The third-order valence-electron chi connectivity index (χ3n) is 8.00. The lowest BCUT2D eigenvalue weighted by molar-refractivity contribution is -0.145. The summed E-state index contributed by atoms with van der Waals surface area (Å²) in [6, 6.07) is 0. The molecule has 13 nitrogen and oxygen atoms in total. The van der Waals surface area contributed by atoms with Gasteiger partial charge in [-0.15, -0.1) is 0 Å². The number of unbranched alkanes of at least 4 members (excludes halogenated alkanes) is 12. The molecule has 13 heteroatoms. The van der Waals surface area contributed by atoms with Crippen LogP contribution in [-0.2, 0) is 61.6 Å². The minimum Gasteiger partial charge on any atom is -0.463 e. The number of carbonyl (C=O) groups excluding carboxylic acids is 1. The normalized spacial score (nSPS) is 11.6. The van der Waals surface area contributed by atoms with Gasteiger partial charge >= 0.3 is 5.97 Å². The van der Waals surface area contributed by atoms with Crippen LogP contribution in [-0.4, -0.2) is 157 Å². The van der Waals surface area contributed by atoms with E-state index in [1.165, 1.54) is 70.6 Å². The maximum absolute atomic E-state index is 11.9. The van der Waals surface area contributed by atoms with E-state index in [-0.39, 0.29) is 18.7 Å². The van der Waals surface area contributed by atoms with E-state index in [9.17, 15) is 4.79 Å². The van der Waals surface area contributed by atoms with Crippen LogP contribution in [0.15, 0.2) is 0 Å². The first kappa shape index (κ1) is 53.0. The van der Waals surface area contributed by atoms with Gasteiger partial charge in [-0.3, -0.25) is 4.79 Å². The smallest absolute Gasteiger partial charge is 0.305 e. The van der Waals surface area contributed by atoms with Crippen LogP contribution < -0.4 is 0 Å². The van der Waals surface area contributed by atoms with Crippen LogP contribution in [0.3, 0.4) is 0 Å². The molecule has 0 saturated carbocycles. The molecular weight excluding hydrogens is 700 g/mol. The van der Waals surface area contributed by atoms with Crippen LogP contribution in [0.1, 0.15) is 111 Å². The van der Waals surface area contributed by atoms with Crippen molar-refractivity contribution in [1.82, 2.24) is 0 Å². The van der Waals surface area contributed by atoms with Crippen molar-refractivity contribution in [2.45, 2.75) is 117 Å². The number of rotatable bonds is 48. The van der Waals surface area contributed by atoms with Gasteiger partial charge in [0.15, 0.2) is 0 Å². The maximum atomic E-state index is 11.9. The highest BCUT2D eigenvalue weighted by molar-refractivity contribution is 5.69. The number of hydrogen-bond donors (Lipinski definition) is 0. The Morgan fingerprint density at radius 1 is 0.333 bits per heavy atom. The van der Waals surface area contributed by atoms with Gasteiger partial charge in [-0.05, 0) is 20.3 Å². The van der Waals surface area contributed by atoms with Crippen molar-refractivity contribution in [3.05, 3.63) is 0 Å². The highest BCUT2D eigenvalue weighted by atomic mass is 16.6. The van der Waals surface area contributed by atoms with Gasteiger partial charge in [0.1, 0.15) is 6.61 Å². The second-order valence-corrected chi connectivity index (χ2v) is 13.3. The highest BCUT2D eigenvalue weighted by Gasteiger charge is 2.03. The zero-order chi connectivity index (χ0) is 39.1. The molecule has 0 N–H and O–H groups in total. The van der Waals surface area contributed by atoms with Crippen LogP contribution >= 0.6 is 0 Å². The van der Waals surface area contributed by atoms with E-state index in [0.717, 1.165) is 12.8 Å². The predicted octanol–water partition coefficient (Wildman–Crippen LogP) is 6.60. The van der Waals surface area contributed by atoms with Gasteiger partial charge in [0.05, 0.1) is 145 Å². The Balaban J connectivity index is 3.12. The molecule has 324 valence electrons. The van der Waals surface area contributed by atoms with Gasteiger partial charge in [-0.1, -0.05) is 84.0 Å². The molecule has 0 amide bonds. The van der Waals surface area contributed by atoms with Crippen molar-refractivity contribution in [3.8, 4) is 0 Å². The van der Waals surface area contributed by atoms with Crippen molar-refractivity contribution in [2.75, 3.05) is 145 Å². The molecule has 0 heterocycles. The summed E-state index contributed by atoms with van der Waals surface area (Å²) in [4.78, 5) is 11.9. The van der Waals surface area contributed by atoms with E-state index in [0.29, 0.717) is 145 Å². The van der Waals surface area contributed by atoms with Crippen LogP contribution in [0, 0.1) is 0 Å². The van der Waals surface area contributed by atoms with Crippen LogP contribution in [0.2, 0.25) is 0 Å². The summed E-state index contributed by atoms with van der Waals surface area (Å²) in [6.45, 7) is 17.3. The first-order chi connectivity index (χ1) is 26.7. The van der Waals surface area contributed by atoms with E-state index < -0.39 is 0 Å². The molecule has 54 heavy (non-hydrogen) atoms. The average Bonchev–Trinajstić information content (AvgIpc) is 3.16. The fraction of sp³-hybridized carbons (Fsp3) is 0.976. The lowest BCUT2D eigenvalue weighted by Gasteiger charge is -2.09. The molecule has 0 aromatic carbocycles. The number of esters is 1. The fourth-order valence-electron chi connectivity index (χ4n) is 5.00. The topological polar surface area (TPSA) is 128 Å². The molecule has 0 aliphatic heterocycles. The molecule has 0 radical (unpaired) electrons. The van der Waals surface area contributed by atoms with Crippen molar-refractivity contribution in [3.63, 3.8) is 0 Å². The second-order valence-electron chi connectivity index (χ2n) is 13.3. The summed E-state index contributed by atoms with van der Waals surface area (Å²) in [7, 11) is 0. The molecule has 0 fully saturated rings. The molecular formula is C41H82O13. The molecule has 0 unspecified atom stereocenters. The molecule has 0 aliphatic carbocycles.